The van der Waals surface area contributed by atoms with Crippen molar-refractivity contribution in [1.82, 2.24) is 20.5 Å². The van der Waals surface area contributed by atoms with Crippen molar-refractivity contribution in [2.75, 3.05) is 0 Å². The van der Waals surface area contributed by atoms with Crippen LogP contribution in [0.5, 0.6) is 0 Å². The number of aromatic amines is 1. The van der Waals surface area contributed by atoms with Crippen molar-refractivity contribution in [3.05, 3.63) is 34.0 Å². The Morgan fingerprint density at radius 3 is 3.07 bits per heavy atom. The van der Waals surface area contributed by atoms with E-state index in [1.807, 2.05) is 19.2 Å². The Morgan fingerprint density at radius 2 is 2.43 bits per heavy atom. The largest absolute Gasteiger partial charge is 0.306 e. The van der Waals surface area contributed by atoms with Gasteiger partial charge in [-0.05, 0) is 13.0 Å². The Morgan fingerprint density at radius 1 is 1.50 bits per heavy atom. The van der Waals surface area contributed by atoms with Crippen molar-refractivity contribution in [3.8, 4) is 0 Å². The Bertz CT molecular complexity index is 379. The first-order chi connectivity index (χ1) is 6.84. The summed E-state index contributed by atoms with van der Waals surface area (Å²) in [5, 5.41) is 11.2. The van der Waals surface area contributed by atoms with Crippen molar-refractivity contribution in [2.45, 2.75) is 20.0 Å². The molecular weight excluding hydrogens is 196 g/mol. The van der Waals surface area contributed by atoms with Gasteiger partial charge >= 0.3 is 0 Å². The third-order valence-corrected chi connectivity index (χ3v) is 2.75. The van der Waals surface area contributed by atoms with Gasteiger partial charge in [0.25, 0.3) is 0 Å². The second-order valence-corrected chi connectivity index (χ2v) is 4.35. The number of hydrogen-bond donors (Lipinski definition) is 2. The molecule has 0 aliphatic rings. The van der Waals surface area contributed by atoms with Crippen LogP contribution in [-0.4, -0.2) is 15.2 Å². The summed E-state index contributed by atoms with van der Waals surface area (Å²) in [7, 11) is 0. The van der Waals surface area contributed by atoms with E-state index in [0.717, 1.165) is 23.8 Å². The molecule has 0 spiro atoms. The predicted octanol–water partition coefficient (Wildman–Crippen LogP) is 1.46. The van der Waals surface area contributed by atoms with Gasteiger partial charge in [0.1, 0.15) is 0 Å². The molecule has 0 aromatic carbocycles. The second kappa shape index (κ2) is 4.34. The number of hydrogen-bond acceptors (Lipinski definition) is 4. The molecule has 0 aliphatic heterocycles. The second-order valence-electron chi connectivity index (χ2n) is 3.03. The van der Waals surface area contributed by atoms with E-state index in [1.54, 1.807) is 17.5 Å². The number of rotatable bonds is 4. The fourth-order valence-electron chi connectivity index (χ4n) is 1.19. The summed E-state index contributed by atoms with van der Waals surface area (Å²) < 4.78 is 0. The molecule has 0 unspecified atom stereocenters. The third kappa shape index (κ3) is 2.40. The zero-order valence-electron chi connectivity index (χ0n) is 7.95. The Balaban J connectivity index is 1.78. The highest BCUT2D eigenvalue weighted by atomic mass is 32.1. The summed E-state index contributed by atoms with van der Waals surface area (Å²) in [6.45, 7) is 3.70. The van der Waals surface area contributed by atoms with Crippen LogP contribution in [0.4, 0.5) is 0 Å². The van der Waals surface area contributed by atoms with Crippen LogP contribution in [0.3, 0.4) is 0 Å². The van der Waals surface area contributed by atoms with Crippen LogP contribution in [0.25, 0.3) is 0 Å². The minimum atomic E-state index is 0.816. The molecule has 74 valence electrons. The number of aryl methyl sites for hydroxylation is 1. The molecule has 2 rings (SSSR count). The molecule has 0 fully saturated rings. The number of aromatic nitrogens is 3. The molecule has 5 heteroatoms. The summed E-state index contributed by atoms with van der Waals surface area (Å²) in [4.78, 5) is 5.46. The maximum atomic E-state index is 4.19. The van der Waals surface area contributed by atoms with Crippen molar-refractivity contribution >= 4 is 11.3 Å². The van der Waals surface area contributed by atoms with Crippen molar-refractivity contribution in [1.29, 1.82) is 0 Å². The lowest BCUT2D eigenvalue weighted by atomic mass is 10.4. The Kier molecular flexibility index (Phi) is 2.90. The van der Waals surface area contributed by atoms with E-state index in [2.05, 4.69) is 20.5 Å². The number of H-pyrrole nitrogens is 1. The van der Waals surface area contributed by atoms with Crippen molar-refractivity contribution in [2.24, 2.45) is 0 Å². The third-order valence-electron chi connectivity index (χ3n) is 1.84. The van der Waals surface area contributed by atoms with E-state index in [4.69, 9.17) is 0 Å². The molecule has 4 nitrogen and oxygen atoms in total. The summed E-state index contributed by atoms with van der Waals surface area (Å²) in [5.74, 6) is 0. The van der Waals surface area contributed by atoms with Crippen molar-refractivity contribution < 1.29 is 0 Å². The van der Waals surface area contributed by atoms with Gasteiger partial charge in [0.05, 0.1) is 5.01 Å². The molecule has 0 amide bonds. The van der Waals surface area contributed by atoms with Gasteiger partial charge in [0.2, 0.25) is 0 Å². The van der Waals surface area contributed by atoms with Crippen LogP contribution in [0.1, 0.15) is 15.6 Å². The number of thiazole rings is 1. The van der Waals surface area contributed by atoms with Gasteiger partial charge < -0.3 is 5.32 Å². The van der Waals surface area contributed by atoms with E-state index < -0.39 is 0 Å². The van der Waals surface area contributed by atoms with Crippen LogP contribution >= 0.6 is 11.3 Å². The van der Waals surface area contributed by atoms with E-state index >= 15 is 0 Å². The average Bonchev–Trinajstić information content (AvgIpc) is 2.77. The molecule has 0 saturated heterocycles. The fraction of sp³-hybridized carbons (Fsp3) is 0.333. The average molecular weight is 208 g/mol. The van der Waals surface area contributed by atoms with Gasteiger partial charge in [0, 0.05) is 36.1 Å². The molecule has 0 radical (unpaired) electrons. The summed E-state index contributed by atoms with van der Waals surface area (Å²) in [5.41, 5.74) is 1.10. The molecule has 0 bridgehead atoms. The minimum Gasteiger partial charge on any atom is -0.306 e. The van der Waals surface area contributed by atoms with E-state index in [9.17, 15) is 0 Å². The summed E-state index contributed by atoms with van der Waals surface area (Å²) in [6, 6.07) is 1.96. The molecule has 14 heavy (non-hydrogen) atoms. The van der Waals surface area contributed by atoms with Crippen LogP contribution < -0.4 is 5.32 Å². The SMILES string of the molecule is Cc1ncc(CNCc2ccn[nH]2)s1. The first kappa shape index (κ1) is 9.36. The quantitative estimate of drug-likeness (QED) is 0.800. The monoisotopic (exact) mass is 208 g/mol. The Hall–Kier alpha value is -1.20. The minimum absolute atomic E-state index is 0.816. The van der Waals surface area contributed by atoms with Gasteiger partial charge in [0.15, 0.2) is 0 Å². The van der Waals surface area contributed by atoms with Gasteiger partial charge in [-0.2, -0.15) is 5.10 Å². The normalized spacial score (nSPS) is 10.6. The molecule has 0 atom stereocenters. The first-order valence-corrected chi connectivity index (χ1v) is 5.26. The lowest BCUT2D eigenvalue weighted by molar-refractivity contribution is 0.683. The van der Waals surface area contributed by atoms with Crippen LogP contribution in [0, 0.1) is 6.92 Å². The first-order valence-electron chi connectivity index (χ1n) is 4.45. The highest BCUT2D eigenvalue weighted by molar-refractivity contribution is 7.11. The fourth-order valence-corrected chi connectivity index (χ4v) is 1.96. The van der Waals surface area contributed by atoms with Crippen LogP contribution in [0.2, 0.25) is 0 Å². The van der Waals surface area contributed by atoms with Gasteiger partial charge in [-0.1, -0.05) is 0 Å². The highest BCUT2D eigenvalue weighted by Crippen LogP contribution is 2.10. The smallest absolute Gasteiger partial charge is 0.0897 e. The molecule has 0 saturated carbocycles. The zero-order chi connectivity index (χ0) is 9.80. The molecule has 0 aliphatic carbocycles. The van der Waals surface area contributed by atoms with Crippen LogP contribution in [-0.2, 0) is 13.1 Å². The van der Waals surface area contributed by atoms with E-state index in [1.165, 1.54) is 4.88 Å². The lowest BCUT2D eigenvalue weighted by Crippen LogP contribution is -2.11. The standard InChI is InChI=1S/C9H12N4S/c1-7-11-6-9(14-7)5-10-4-8-2-3-12-13-8/h2-3,6,10H,4-5H2,1H3,(H,12,13). The molecule has 2 aromatic rings. The Labute approximate surface area is 86.4 Å². The topological polar surface area (TPSA) is 53.6 Å². The predicted molar refractivity (Wildman–Crippen MR) is 56.0 cm³/mol. The van der Waals surface area contributed by atoms with Gasteiger partial charge in [-0.3, -0.25) is 5.10 Å². The summed E-state index contributed by atoms with van der Waals surface area (Å²) >= 11 is 1.73. The molecular formula is C9H12N4S. The van der Waals surface area contributed by atoms with E-state index in [0.29, 0.717) is 0 Å². The molecule has 2 heterocycles. The number of nitrogens with zero attached hydrogens (tertiary/aromatic N) is 2. The van der Waals surface area contributed by atoms with E-state index in [-0.39, 0.29) is 0 Å². The zero-order valence-corrected chi connectivity index (χ0v) is 8.77. The molecule has 2 aromatic heterocycles. The van der Waals surface area contributed by atoms with Crippen LogP contribution in [0.15, 0.2) is 18.5 Å². The molecule has 2 N–H and O–H groups in total. The van der Waals surface area contributed by atoms with Gasteiger partial charge in [-0.15, -0.1) is 11.3 Å². The summed E-state index contributed by atoms with van der Waals surface area (Å²) in [6.07, 6.45) is 3.67. The maximum Gasteiger partial charge on any atom is 0.0897 e. The maximum absolute atomic E-state index is 4.19. The van der Waals surface area contributed by atoms with Gasteiger partial charge in [-0.25, -0.2) is 4.98 Å². The highest BCUT2D eigenvalue weighted by Gasteiger charge is 1.97. The van der Waals surface area contributed by atoms with Crippen molar-refractivity contribution in [3.63, 3.8) is 0 Å². The lowest BCUT2D eigenvalue weighted by Gasteiger charge is -1.99. The number of nitrogens with one attached hydrogen (secondary N) is 2.